The smallest absolute Gasteiger partial charge is 0.341 e. The van der Waals surface area contributed by atoms with Gasteiger partial charge in [-0.15, -0.1) is 0 Å². The second kappa shape index (κ2) is 5.68. The van der Waals surface area contributed by atoms with Crippen molar-refractivity contribution in [3.8, 4) is 5.69 Å². The highest BCUT2D eigenvalue weighted by atomic mass is 35.5. The summed E-state index contributed by atoms with van der Waals surface area (Å²) in [6.07, 6.45) is 0.858. The Morgan fingerprint density at radius 2 is 1.71 bits per heavy atom. The molecule has 0 bridgehead atoms. The summed E-state index contributed by atoms with van der Waals surface area (Å²) in [5.41, 5.74) is -2.16. The zero-order chi connectivity index (χ0) is 17.6. The van der Waals surface area contributed by atoms with E-state index in [2.05, 4.69) is 0 Å². The molecule has 4 nitrogen and oxygen atoms in total. The van der Waals surface area contributed by atoms with Crippen LogP contribution in [0.3, 0.4) is 0 Å². The number of carboxylic acid groups (broad SMARTS) is 1. The van der Waals surface area contributed by atoms with E-state index in [1.165, 1.54) is 24.3 Å². The lowest BCUT2D eigenvalue weighted by atomic mass is 10.1. The SMILES string of the molecule is O=C(O)c1cn(-c2ccc(Cl)cc2)c2c(F)c(F)c(F)cc2c1=O. The molecule has 0 saturated heterocycles. The molecule has 0 atom stereocenters. The van der Waals surface area contributed by atoms with Gasteiger partial charge >= 0.3 is 5.97 Å². The predicted molar refractivity (Wildman–Crippen MR) is 81.4 cm³/mol. The van der Waals surface area contributed by atoms with Gasteiger partial charge in [-0.1, -0.05) is 11.6 Å². The number of carboxylic acids is 1. The van der Waals surface area contributed by atoms with Crippen LogP contribution in [0.5, 0.6) is 0 Å². The lowest BCUT2D eigenvalue weighted by Gasteiger charge is -2.14. The third kappa shape index (κ3) is 2.43. The van der Waals surface area contributed by atoms with Crippen molar-refractivity contribution in [2.24, 2.45) is 0 Å². The van der Waals surface area contributed by atoms with Crippen molar-refractivity contribution in [1.29, 1.82) is 0 Å². The number of aromatic nitrogens is 1. The molecule has 0 aliphatic rings. The Labute approximate surface area is 137 Å². The highest BCUT2D eigenvalue weighted by Crippen LogP contribution is 2.25. The van der Waals surface area contributed by atoms with Gasteiger partial charge in [-0.25, -0.2) is 18.0 Å². The van der Waals surface area contributed by atoms with Crippen LogP contribution in [-0.4, -0.2) is 15.6 Å². The molecule has 0 aliphatic carbocycles. The number of hydrogen-bond donors (Lipinski definition) is 1. The molecule has 2 aromatic carbocycles. The molecule has 0 spiro atoms. The van der Waals surface area contributed by atoms with E-state index in [1.54, 1.807) is 0 Å². The second-order valence-corrected chi connectivity index (χ2v) is 5.34. The summed E-state index contributed by atoms with van der Waals surface area (Å²) in [5.74, 6) is -6.50. The standard InChI is InChI=1S/C16H7ClF3NO3/c17-7-1-3-8(4-2-7)21-6-10(16(23)24)15(22)9-5-11(18)12(19)13(20)14(9)21/h1-6H,(H,23,24). The van der Waals surface area contributed by atoms with Crippen LogP contribution in [0.1, 0.15) is 10.4 Å². The monoisotopic (exact) mass is 353 g/mol. The van der Waals surface area contributed by atoms with E-state index in [4.69, 9.17) is 16.7 Å². The molecule has 0 saturated carbocycles. The number of halogens is 4. The summed E-state index contributed by atoms with van der Waals surface area (Å²) in [6.45, 7) is 0. The number of aromatic carboxylic acids is 1. The molecule has 0 radical (unpaired) electrons. The van der Waals surface area contributed by atoms with Crippen molar-refractivity contribution < 1.29 is 23.1 Å². The van der Waals surface area contributed by atoms with Crippen molar-refractivity contribution >= 4 is 28.5 Å². The Morgan fingerprint density at radius 3 is 2.29 bits per heavy atom. The first kappa shape index (κ1) is 16.1. The van der Waals surface area contributed by atoms with Crippen molar-refractivity contribution in [2.45, 2.75) is 0 Å². The van der Waals surface area contributed by atoms with Crippen LogP contribution in [0.15, 0.2) is 41.3 Å². The minimum atomic E-state index is -1.76. The fraction of sp³-hybridized carbons (Fsp3) is 0. The first-order valence-corrected chi connectivity index (χ1v) is 6.91. The van der Waals surface area contributed by atoms with Crippen molar-refractivity contribution in [1.82, 2.24) is 4.57 Å². The van der Waals surface area contributed by atoms with Gasteiger partial charge in [0.2, 0.25) is 5.43 Å². The maximum atomic E-state index is 14.2. The van der Waals surface area contributed by atoms with Gasteiger partial charge in [-0.3, -0.25) is 4.79 Å². The van der Waals surface area contributed by atoms with Crippen LogP contribution >= 0.6 is 11.6 Å². The van der Waals surface area contributed by atoms with Crippen LogP contribution in [0.4, 0.5) is 13.2 Å². The summed E-state index contributed by atoms with van der Waals surface area (Å²) < 4.78 is 42.3. The fourth-order valence-electron chi connectivity index (χ4n) is 2.35. The fourth-order valence-corrected chi connectivity index (χ4v) is 2.48. The summed E-state index contributed by atoms with van der Waals surface area (Å²) in [4.78, 5) is 23.4. The average molecular weight is 354 g/mol. The molecule has 1 aromatic heterocycles. The van der Waals surface area contributed by atoms with Crippen molar-refractivity contribution in [2.75, 3.05) is 0 Å². The molecule has 0 fully saturated rings. The van der Waals surface area contributed by atoms with Crippen LogP contribution in [0.25, 0.3) is 16.6 Å². The van der Waals surface area contributed by atoms with E-state index in [0.29, 0.717) is 11.1 Å². The number of carbonyl (C=O) groups is 1. The molecule has 122 valence electrons. The van der Waals surface area contributed by atoms with E-state index in [-0.39, 0.29) is 5.69 Å². The van der Waals surface area contributed by atoms with Gasteiger partial charge in [0.15, 0.2) is 17.5 Å². The van der Waals surface area contributed by atoms with Crippen LogP contribution in [0.2, 0.25) is 5.02 Å². The number of benzene rings is 2. The maximum Gasteiger partial charge on any atom is 0.341 e. The minimum Gasteiger partial charge on any atom is -0.477 e. The first-order valence-electron chi connectivity index (χ1n) is 6.53. The zero-order valence-corrected chi connectivity index (χ0v) is 12.4. The van der Waals surface area contributed by atoms with Gasteiger partial charge in [0.1, 0.15) is 5.56 Å². The van der Waals surface area contributed by atoms with Crippen LogP contribution in [-0.2, 0) is 0 Å². The summed E-state index contributed by atoms with van der Waals surface area (Å²) in [6, 6.07) is 6.20. The molecule has 0 unspecified atom stereocenters. The quantitative estimate of drug-likeness (QED) is 0.714. The predicted octanol–water partition coefficient (Wildman–Crippen LogP) is 3.76. The molecule has 0 aliphatic heterocycles. The molecule has 1 heterocycles. The van der Waals surface area contributed by atoms with E-state index in [9.17, 15) is 22.8 Å². The van der Waals surface area contributed by atoms with Gasteiger partial charge in [-0.05, 0) is 30.3 Å². The second-order valence-electron chi connectivity index (χ2n) is 4.91. The van der Waals surface area contributed by atoms with Crippen molar-refractivity contribution in [3.63, 3.8) is 0 Å². The lowest BCUT2D eigenvalue weighted by Crippen LogP contribution is -2.20. The van der Waals surface area contributed by atoms with E-state index in [1.807, 2.05) is 0 Å². The van der Waals surface area contributed by atoms with E-state index < -0.39 is 45.3 Å². The maximum absolute atomic E-state index is 14.2. The molecule has 8 heteroatoms. The van der Waals surface area contributed by atoms with Gasteiger partial charge in [-0.2, -0.15) is 0 Å². The molecule has 1 N–H and O–H groups in total. The largest absolute Gasteiger partial charge is 0.477 e. The molecular weight excluding hydrogens is 347 g/mol. The third-order valence-corrected chi connectivity index (χ3v) is 3.71. The van der Waals surface area contributed by atoms with E-state index >= 15 is 0 Å². The Hall–Kier alpha value is -2.80. The van der Waals surface area contributed by atoms with Gasteiger partial charge in [0.05, 0.1) is 10.9 Å². The molecular formula is C16H7ClF3NO3. The molecule has 0 amide bonds. The minimum absolute atomic E-state index is 0.219. The number of fused-ring (bicyclic) bond motifs is 1. The Balaban J connectivity index is 2.53. The number of pyridine rings is 1. The molecule has 3 rings (SSSR count). The average Bonchev–Trinajstić information content (AvgIpc) is 2.54. The van der Waals surface area contributed by atoms with Gasteiger partial charge < -0.3 is 9.67 Å². The summed E-state index contributed by atoms with van der Waals surface area (Å²) in [7, 11) is 0. The van der Waals surface area contributed by atoms with Gasteiger partial charge in [0.25, 0.3) is 0 Å². The highest BCUT2D eigenvalue weighted by Gasteiger charge is 2.22. The van der Waals surface area contributed by atoms with E-state index in [0.717, 1.165) is 10.8 Å². The lowest BCUT2D eigenvalue weighted by molar-refractivity contribution is 0.0695. The van der Waals surface area contributed by atoms with Gasteiger partial charge in [0, 0.05) is 16.9 Å². The van der Waals surface area contributed by atoms with Crippen molar-refractivity contribution in [3.05, 3.63) is 74.8 Å². The Bertz CT molecular complexity index is 1050. The third-order valence-electron chi connectivity index (χ3n) is 3.46. The highest BCUT2D eigenvalue weighted by molar-refractivity contribution is 6.30. The number of nitrogens with zero attached hydrogens (tertiary/aromatic N) is 1. The zero-order valence-electron chi connectivity index (χ0n) is 11.7. The normalized spacial score (nSPS) is 11.0. The molecule has 24 heavy (non-hydrogen) atoms. The molecule has 3 aromatic rings. The summed E-state index contributed by atoms with van der Waals surface area (Å²) in [5, 5.41) is 8.92. The topological polar surface area (TPSA) is 59.3 Å². The van der Waals surface area contributed by atoms with Crippen LogP contribution < -0.4 is 5.43 Å². The summed E-state index contributed by atoms with van der Waals surface area (Å²) >= 11 is 5.76. The van der Waals surface area contributed by atoms with Crippen LogP contribution in [0, 0.1) is 17.5 Å². The number of rotatable bonds is 2. The first-order chi connectivity index (χ1) is 11.3. The Morgan fingerprint density at radius 1 is 1.08 bits per heavy atom. The number of hydrogen-bond acceptors (Lipinski definition) is 2. The Kier molecular flexibility index (Phi) is 3.81.